The van der Waals surface area contributed by atoms with Gasteiger partial charge >= 0.3 is 0 Å². The largest absolute Gasteiger partial charge is 0.353 e. The normalized spacial score (nSPS) is 17.5. The van der Waals surface area contributed by atoms with E-state index in [0.717, 1.165) is 43.6 Å². The predicted molar refractivity (Wildman–Crippen MR) is 106 cm³/mol. The fourth-order valence-corrected chi connectivity index (χ4v) is 4.10. The van der Waals surface area contributed by atoms with Gasteiger partial charge in [0.2, 0.25) is 0 Å². The molecule has 0 saturated carbocycles. The first kappa shape index (κ1) is 18.5. The minimum atomic E-state index is -0.292. The van der Waals surface area contributed by atoms with E-state index in [9.17, 15) is 9.18 Å². The van der Waals surface area contributed by atoms with E-state index in [1.807, 2.05) is 31.1 Å². The van der Waals surface area contributed by atoms with E-state index in [0.29, 0.717) is 5.56 Å². The number of aromatic nitrogens is 3. The zero-order valence-corrected chi connectivity index (χ0v) is 16.3. The van der Waals surface area contributed by atoms with E-state index < -0.39 is 0 Å². The van der Waals surface area contributed by atoms with Gasteiger partial charge in [-0.25, -0.2) is 9.07 Å². The van der Waals surface area contributed by atoms with Gasteiger partial charge in [0.15, 0.2) is 0 Å². The minimum Gasteiger partial charge on any atom is -0.353 e. The molecule has 146 valence electrons. The number of rotatable bonds is 3. The molecule has 1 fully saturated rings. The summed E-state index contributed by atoms with van der Waals surface area (Å²) in [6.45, 7) is 2.63. The summed E-state index contributed by atoms with van der Waals surface area (Å²) in [5, 5.41) is 4.40. The van der Waals surface area contributed by atoms with Crippen LogP contribution in [0.15, 0.2) is 48.8 Å². The van der Waals surface area contributed by atoms with Crippen molar-refractivity contribution >= 4 is 5.91 Å². The standard InChI is InChI=1S/C22H25FN4O/c1-16-19(15-24-27(16)18-11-9-17(23)10-12-18)22(28)26-14-5-3-4-7-21(26)20-8-6-13-25(20)2/h6,8-13,15,21H,3-5,7,14H2,1-2H3. The molecule has 6 heteroatoms. The molecule has 1 amide bonds. The van der Waals surface area contributed by atoms with Crippen LogP contribution in [-0.2, 0) is 7.05 Å². The fourth-order valence-electron chi connectivity index (χ4n) is 4.10. The van der Waals surface area contributed by atoms with Crippen molar-refractivity contribution in [2.24, 2.45) is 7.05 Å². The Hall–Kier alpha value is -2.89. The van der Waals surface area contributed by atoms with Crippen LogP contribution in [0.5, 0.6) is 0 Å². The molecule has 0 bridgehead atoms. The van der Waals surface area contributed by atoms with E-state index >= 15 is 0 Å². The monoisotopic (exact) mass is 380 g/mol. The summed E-state index contributed by atoms with van der Waals surface area (Å²) < 4.78 is 17.0. The molecule has 0 radical (unpaired) electrons. The third-order valence-corrected chi connectivity index (χ3v) is 5.65. The summed E-state index contributed by atoms with van der Waals surface area (Å²) >= 11 is 0. The van der Waals surface area contributed by atoms with Gasteiger partial charge in [-0.15, -0.1) is 0 Å². The van der Waals surface area contributed by atoms with Crippen molar-refractivity contribution in [3.63, 3.8) is 0 Å². The molecule has 1 aliphatic heterocycles. The lowest BCUT2D eigenvalue weighted by Crippen LogP contribution is -2.35. The first-order chi connectivity index (χ1) is 13.6. The Labute approximate surface area is 164 Å². The smallest absolute Gasteiger partial charge is 0.257 e. The molecule has 3 aromatic rings. The third-order valence-electron chi connectivity index (χ3n) is 5.65. The van der Waals surface area contributed by atoms with Gasteiger partial charge in [0.05, 0.1) is 29.2 Å². The van der Waals surface area contributed by atoms with E-state index in [4.69, 9.17) is 0 Å². The molecule has 5 nitrogen and oxygen atoms in total. The van der Waals surface area contributed by atoms with Gasteiger partial charge < -0.3 is 9.47 Å². The third kappa shape index (κ3) is 3.35. The lowest BCUT2D eigenvalue weighted by Gasteiger charge is -2.30. The van der Waals surface area contributed by atoms with Gasteiger partial charge in [0.25, 0.3) is 5.91 Å². The molecule has 2 aromatic heterocycles. The van der Waals surface area contributed by atoms with Crippen LogP contribution in [0.25, 0.3) is 5.69 Å². The van der Waals surface area contributed by atoms with Crippen LogP contribution in [0.3, 0.4) is 0 Å². The summed E-state index contributed by atoms with van der Waals surface area (Å²) in [6, 6.07) is 10.3. The maximum Gasteiger partial charge on any atom is 0.257 e. The Bertz CT molecular complexity index is 973. The first-order valence-electron chi connectivity index (χ1n) is 9.79. The molecule has 1 unspecified atom stereocenters. The van der Waals surface area contributed by atoms with Crippen LogP contribution in [0.4, 0.5) is 4.39 Å². The number of hydrogen-bond acceptors (Lipinski definition) is 2. The molecule has 0 spiro atoms. The van der Waals surface area contributed by atoms with Crippen molar-refractivity contribution in [3.05, 3.63) is 71.6 Å². The number of hydrogen-bond donors (Lipinski definition) is 0. The van der Waals surface area contributed by atoms with Crippen LogP contribution in [0, 0.1) is 12.7 Å². The molecule has 3 heterocycles. The molecule has 0 aliphatic carbocycles. The molecule has 28 heavy (non-hydrogen) atoms. The minimum absolute atomic E-state index is 0.0129. The van der Waals surface area contributed by atoms with Crippen molar-refractivity contribution in [2.45, 2.75) is 38.6 Å². The van der Waals surface area contributed by atoms with Gasteiger partial charge in [-0.2, -0.15) is 5.10 Å². The molecule has 1 saturated heterocycles. The number of halogens is 1. The van der Waals surface area contributed by atoms with Gasteiger partial charge in [-0.1, -0.05) is 12.8 Å². The number of nitrogens with zero attached hydrogens (tertiary/aromatic N) is 4. The number of carbonyl (C=O) groups is 1. The van der Waals surface area contributed by atoms with Crippen molar-refractivity contribution in [1.29, 1.82) is 0 Å². The van der Waals surface area contributed by atoms with E-state index in [1.165, 1.54) is 17.8 Å². The zero-order chi connectivity index (χ0) is 19.7. The van der Waals surface area contributed by atoms with Gasteiger partial charge in [-0.05, 0) is 56.2 Å². The Morgan fingerprint density at radius 3 is 2.64 bits per heavy atom. The molecular formula is C22H25FN4O. The topological polar surface area (TPSA) is 43.1 Å². The summed E-state index contributed by atoms with van der Waals surface area (Å²) in [4.78, 5) is 15.5. The lowest BCUT2D eigenvalue weighted by molar-refractivity contribution is 0.0673. The highest BCUT2D eigenvalue weighted by atomic mass is 19.1. The zero-order valence-electron chi connectivity index (χ0n) is 16.3. The Balaban J connectivity index is 1.67. The van der Waals surface area contributed by atoms with Crippen LogP contribution in [0.2, 0.25) is 0 Å². The highest BCUT2D eigenvalue weighted by molar-refractivity contribution is 5.95. The molecule has 1 atom stereocenters. The summed E-state index contributed by atoms with van der Waals surface area (Å²) in [7, 11) is 2.03. The van der Waals surface area contributed by atoms with Crippen molar-refractivity contribution < 1.29 is 9.18 Å². The Morgan fingerprint density at radius 1 is 1.14 bits per heavy atom. The van der Waals surface area contributed by atoms with Gasteiger partial charge in [0.1, 0.15) is 5.82 Å². The highest BCUT2D eigenvalue weighted by Crippen LogP contribution is 2.32. The second kappa shape index (κ2) is 7.62. The molecule has 1 aliphatic rings. The molecule has 4 rings (SSSR count). The molecular weight excluding hydrogens is 355 g/mol. The average molecular weight is 380 g/mol. The lowest BCUT2D eigenvalue weighted by atomic mass is 10.1. The van der Waals surface area contributed by atoms with Crippen molar-refractivity contribution in [1.82, 2.24) is 19.2 Å². The fraction of sp³-hybridized carbons (Fsp3) is 0.364. The van der Waals surface area contributed by atoms with Gasteiger partial charge in [0, 0.05) is 25.5 Å². The van der Waals surface area contributed by atoms with E-state index in [1.54, 1.807) is 23.0 Å². The van der Waals surface area contributed by atoms with Crippen LogP contribution in [-0.4, -0.2) is 31.7 Å². The van der Waals surface area contributed by atoms with Crippen LogP contribution < -0.4 is 0 Å². The van der Waals surface area contributed by atoms with Crippen LogP contribution >= 0.6 is 0 Å². The summed E-state index contributed by atoms with van der Waals surface area (Å²) in [5.74, 6) is -0.279. The van der Waals surface area contributed by atoms with Crippen molar-refractivity contribution in [2.75, 3.05) is 6.54 Å². The second-order valence-electron chi connectivity index (χ2n) is 7.44. The summed E-state index contributed by atoms with van der Waals surface area (Å²) in [5.41, 5.74) is 3.28. The van der Waals surface area contributed by atoms with E-state index in [-0.39, 0.29) is 17.8 Å². The number of benzene rings is 1. The molecule has 0 N–H and O–H groups in total. The maximum absolute atomic E-state index is 13.5. The summed E-state index contributed by atoms with van der Waals surface area (Å²) in [6.07, 6.45) is 7.90. The number of amides is 1. The average Bonchev–Trinajstić information content (AvgIpc) is 3.19. The maximum atomic E-state index is 13.5. The van der Waals surface area contributed by atoms with Gasteiger partial charge in [-0.3, -0.25) is 4.79 Å². The number of aryl methyl sites for hydroxylation is 1. The Morgan fingerprint density at radius 2 is 1.93 bits per heavy atom. The first-order valence-corrected chi connectivity index (χ1v) is 9.79. The predicted octanol–water partition coefficient (Wildman–Crippen LogP) is 4.42. The Kier molecular flexibility index (Phi) is 5.03. The molecule has 1 aromatic carbocycles. The quantitative estimate of drug-likeness (QED) is 0.675. The van der Waals surface area contributed by atoms with E-state index in [2.05, 4.69) is 15.7 Å². The van der Waals surface area contributed by atoms with Crippen molar-refractivity contribution in [3.8, 4) is 5.69 Å². The second-order valence-corrected chi connectivity index (χ2v) is 7.44. The highest BCUT2D eigenvalue weighted by Gasteiger charge is 2.30. The number of carbonyl (C=O) groups excluding carboxylic acids is 1. The SMILES string of the molecule is Cc1c(C(=O)N2CCCCCC2c2cccn2C)cnn1-c1ccc(F)cc1. The number of likely N-dealkylation sites (tertiary alicyclic amines) is 1. The van der Waals surface area contributed by atoms with Crippen LogP contribution in [0.1, 0.15) is 53.5 Å².